The molecule has 0 aliphatic carbocycles. The maximum absolute atomic E-state index is 12.0. The van der Waals surface area contributed by atoms with Crippen LogP contribution < -0.4 is 5.32 Å². The molecule has 1 atom stereocenters. The number of nitrogens with zero attached hydrogens (tertiary/aromatic N) is 3. The Balaban J connectivity index is 1.91. The fraction of sp³-hybridized carbons (Fsp3) is 0.417. The molecule has 1 fully saturated rings. The van der Waals surface area contributed by atoms with E-state index in [-0.39, 0.29) is 17.8 Å². The number of aldehydes is 1. The van der Waals surface area contributed by atoms with E-state index >= 15 is 0 Å². The number of amides is 1. The lowest BCUT2D eigenvalue weighted by molar-refractivity contribution is -0.0193. The first-order valence-corrected chi connectivity index (χ1v) is 5.89. The average molecular weight is 264 g/mol. The fourth-order valence-electron chi connectivity index (χ4n) is 1.97. The Morgan fingerprint density at radius 3 is 2.89 bits per heavy atom. The van der Waals surface area contributed by atoms with E-state index in [4.69, 9.17) is 0 Å². The molecule has 1 aliphatic heterocycles. The summed E-state index contributed by atoms with van der Waals surface area (Å²) in [7, 11) is 1.61. The molecular formula is C12H16N4O3. The molecule has 1 unspecified atom stereocenters. The zero-order valence-corrected chi connectivity index (χ0v) is 10.6. The van der Waals surface area contributed by atoms with Crippen LogP contribution in [-0.2, 0) is 7.05 Å². The molecule has 0 saturated carbocycles. The van der Waals surface area contributed by atoms with E-state index in [0.717, 1.165) is 0 Å². The fourth-order valence-corrected chi connectivity index (χ4v) is 1.97. The molecule has 2 heterocycles. The predicted octanol–water partition coefficient (Wildman–Crippen LogP) is -0.849. The third-order valence-electron chi connectivity index (χ3n) is 3.19. The summed E-state index contributed by atoms with van der Waals surface area (Å²) >= 11 is 0. The van der Waals surface area contributed by atoms with Crippen LogP contribution >= 0.6 is 0 Å². The summed E-state index contributed by atoms with van der Waals surface area (Å²) in [5, 5.41) is 12.3. The summed E-state index contributed by atoms with van der Waals surface area (Å²) in [6.45, 7) is 4.63. The van der Waals surface area contributed by atoms with Gasteiger partial charge in [-0.2, -0.15) is 0 Å². The van der Waals surface area contributed by atoms with Crippen molar-refractivity contribution in [2.45, 2.75) is 12.3 Å². The first-order chi connectivity index (χ1) is 9.06. The normalized spacial score (nSPS) is 17.6. The Labute approximate surface area is 110 Å². The lowest BCUT2D eigenvalue weighted by atomic mass is 10.1. The second kappa shape index (κ2) is 5.33. The van der Waals surface area contributed by atoms with E-state index in [1.54, 1.807) is 11.9 Å². The molecule has 1 aliphatic rings. The Bertz CT molecular complexity index is 505. The molecule has 7 heteroatoms. The molecule has 0 spiro atoms. The molecule has 19 heavy (non-hydrogen) atoms. The molecule has 0 aromatic carbocycles. The number of hydrogen-bond acceptors (Lipinski definition) is 5. The topological polar surface area (TPSA) is 87.5 Å². The molecule has 102 valence electrons. The SMILES string of the molecule is C=CC(O)N1CC(NC(=O)c2cnc(C=O)n2C)C1. The summed E-state index contributed by atoms with van der Waals surface area (Å²) in [6, 6.07) is -0.0170. The number of aliphatic hydroxyl groups excluding tert-OH is 1. The first kappa shape index (κ1) is 13.4. The zero-order valence-electron chi connectivity index (χ0n) is 10.6. The van der Waals surface area contributed by atoms with E-state index in [1.807, 2.05) is 0 Å². The summed E-state index contributed by atoms with van der Waals surface area (Å²) in [5.41, 5.74) is 0.338. The van der Waals surface area contributed by atoms with Gasteiger partial charge in [0, 0.05) is 20.1 Å². The smallest absolute Gasteiger partial charge is 0.269 e. The summed E-state index contributed by atoms with van der Waals surface area (Å²) in [4.78, 5) is 28.2. The van der Waals surface area contributed by atoms with Crippen molar-refractivity contribution in [3.8, 4) is 0 Å². The molecule has 2 rings (SSSR count). The minimum Gasteiger partial charge on any atom is -0.375 e. The highest BCUT2D eigenvalue weighted by molar-refractivity contribution is 5.93. The highest BCUT2D eigenvalue weighted by Gasteiger charge is 2.31. The lowest BCUT2D eigenvalue weighted by Gasteiger charge is -2.41. The Hall–Kier alpha value is -1.99. The van der Waals surface area contributed by atoms with Crippen LogP contribution in [0.3, 0.4) is 0 Å². The lowest BCUT2D eigenvalue weighted by Crippen LogP contribution is -2.61. The van der Waals surface area contributed by atoms with Gasteiger partial charge in [0.25, 0.3) is 5.91 Å². The average Bonchev–Trinajstić information content (AvgIpc) is 2.73. The van der Waals surface area contributed by atoms with Gasteiger partial charge < -0.3 is 15.0 Å². The molecule has 2 N–H and O–H groups in total. The van der Waals surface area contributed by atoms with E-state index < -0.39 is 6.23 Å². The van der Waals surface area contributed by atoms with Crippen LogP contribution in [0.15, 0.2) is 18.9 Å². The van der Waals surface area contributed by atoms with Crippen LogP contribution in [0.2, 0.25) is 0 Å². The number of likely N-dealkylation sites (tertiary alicyclic amines) is 1. The number of aromatic nitrogens is 2. The quantitative estimate of drug-likeness (QED) is 0.534. The van der Waals surface area contributed by atoms with Gasteiger partial charge in [-0.25, -0.2) is 4.98 Å². The molecule has 1 saturated heterocycles. The van der Waals surface area contributed by atoms with Crippen molar-refractivity contribution in [3.05, 3.63) is 30.4 Å². The first-order valence-electron chi connectivity index (χ1n) is 5.89. The highest BCUT2D eigenvalue weighted by Crippen LogP contribution is 2.12. The van der Waals surface area contributed by atoms with Gasteiger partial charge in [0.2, 0.25) is 0 Å². The molecule has 1 aromatic heterocycles. The largest absolute Gasteiger partial charge is 0.375 e. The number of carbonyl (C=O) groups is 2. The summed E-state index contributed by atoms with van der Waals surface area (Å²) in [5.74, 6) is -0.0664. The molecular weight excluding hydrogens is 248 g/mol. The van der Waals surface area contributed by atoms with Crippen LogP contribution in [0.4, 0.5) is 0 Å². The molecule has 1 amide bonds. The number of rotatable bonds is 5. The maximum atomic E-state index is 12.0. The minimum atomic E-state index is -0.675. The minimum absolute atomic E-state index is 0.0170. The van der Waals surface area contributed by atoms with E-state index in [2.05, 4.69) is 16.9 Å². The number of aliphatic hydroxyl groups is 1. The van der Waals surface area contributed by atoms with Crippen molar-refractivity contribution in [2.24, 2.45) is 7.05 Å². The van der Waals surface area contributed by atoms with Crippen molar-refractivity contribution < 1.29 is 14.7 Å². The van der Waals surface area contributed by atoms with Gasteiger partial charge in [-0.05, 0) is 6.08 Å². The van der Waals surface area contributed by atoms with Crippen molar-refractivity contribution >= 4 is 12.2 Å². The van der Waals surface area contributed by atoms with Crippen LogP contribution in [0.1, 0.15) is 21.1 Å². The number of nitrogens with one attached hydrogen (secondary N) is 1. The summed E-state index contributed by atoms with van der Waals surface area (Å²) < 4.78 is 1.44. The van der Waals surface area contributed by atoms with E-state index in [1.165, 1.54) is 16.8 Å². The zero-order chi connectivity index (χ0) is 14.0. The molecule has 0 bridgehead atoms. The van der Waals surface area contributed by atoms with Gasteiger partial charge in [0.05, 0.1) is 12.2 Å². The Morgan fingerprint density at radius 2 is 2.37 bits per heavy atom. The maximum Gasteiger partial charge on any atom is 0.269 e. The monoisotopic (exact) mass is 264 g/mol. The van der Waals surface area contributed by atoms with E-state index in [9.17, 15) is 14.7 Å². The van der Waals surface area contributed by atoms with Gasteiger partial charge in [-0.1, -0.05) is 6.58 Å². The molecule has 0 radical (unpaired) electrons. The molecule has 7 nitrogen and oxygen atoms in total. The number of carbonyl (C=O) groups excluding carboxylic acids is 2. The predicted molar refractivity (Wildman–Crippen MR) is 67.6 cm³/mol. The second-order valence-corrected chi connectivity index (χ2v) is 4.45. The van der Waals surface area contributed by atoms with Gasteiger partial charge in [0.15, 0.2) is 12.1 Å². The van der Waals surface area contributed by atoms with Crippen molar-refractivity contribution in [1.29, 1.82) is 0 Å². The van der Waals surface area contributed by atoms with Gasteiger partial charge >= 0.3 is 0 Å². The van der Waals surface area contributed by atoms with E-state index in [0.29, 0.717) is 25.1 Å². The van der Waals surface area contributed by atoms with Crippen LogP contribution in [0.5, 0.6) is 0 Å². The van der Waals surface area contributed by atoms with Gasteiger partial charge in [-0.3, -0.25) is 14.5 Å². The number of hydrogen-bond donors (Lipinski definition) is 2. The second-order valence-electron chi connectivity index (χ2n) is 4.45. The van der Waals surface area contributed by atoms with Gasteiger partial charge in [-0.15, -0.1) is 0 Å². The highest BCUT2D eigenvalue weighted by atomic mass is 16.3. The third-order valence-corrected chi connectivity index (χ3v) is 3.19. The number of imidazole rings is 1. The van der Waals surface area contributed by atoms with Gasteiger partial charge in [0.1, 0.15) is 11.9 Å². The van der Waals surface area contributed by atoms with Crippen molar-refractivity contribution in [3.63, 3.8) is 0 Å². The Kier molecular flexibility index (Phi) is 3.77. The van der Waals surface area contributed by atoms with Crippen LogP contribution in [0.25, 0.3) is 0 Å². The van der Waals surface area contributed by atoms with Crippen LogP contribution in [-0.4, -0.2) is 57.1 Å². The molecule has 1 aromatic rings. The third kappa shape index (κ3) is 2.56. The van der Waals surface area contributed by atoms with Crippen molar-refractivity contribution in [1.82, 2.24) is 19.8 Å². The standard InChI is InChI=1S/C12H16N4O3/c1-3-11(18)16-5-8(6-16)14-12(19)9-4-13-10(7-17)15(9)2/h3-4,7-8,11,18H,1,5-6H2,2H3,(H,14,19). The summed E-state index contributed by atoms with van der Waals surface area (Å²) in [6.07, 6.45) is 2.73. The Morgan fingerprint density at radius 1 is 1.68 bits per heavy atom. The van der Waals surface area contributed by atoms with Crippen molar-refractivity contribution in [2.75, 3.05) is 13.1 Å². The van der Waals surface area contributed by atoms with Crippen LogP contribution in [0, 0.1) is 0 Å².